The maximum absolute atomic E-state index is 10.9. The third-order valence-electron chi connectivity index (χ3n) is 1.43. The van der Waals surface area contributed by atoms with Crippen molar-refractivity contribution >= 4 is 23.3 Å². The van der Waals surface area contributed by atoms with Gasteiger partial charge < -0.3 is 9.84 Å². The van der Waals surface area contributed by atoms with Crippen molar-refractivity contribution in [1.82, 2.24) is 4.31 Å². The second kappa shape index (κ2) is 3.71. The van der Waals surface area contributed by atoms with Crippen LogP contribution in [0.3, 0.4) is 0 Å². The van der Waals surface area contributed by atoms with E-state index in [4.69, 9.17) is 5.11 Å². The third kappa shape index (κ3) is 1.78. The fourth-order valence-electron chi connectivity index (χ4n) is 0.848. The Labute approximate surface area is 76.0 Å². The number of methoxy groups -OCH3 is 1. The molecule has 1 amide bonds. The lowest BCUT2D eigenvalue weighted by Crippen LogP contribution is -2.41. The Balaban J connectivity index is 2.81. The second-order valence-electron chi connectivity index (χ2n) is 2.15. The van der Waals surface area contributed by atoms with Crippen LogP contribution < -0.4 is 0 Å². The SMILES string of the molecule is COC(=O)[C@@H]1COS(=O)N1C(=O)O. The van der Waals surface area contributed by atoms with Crippen LogP contribution in [0.15, 0.2) is 0 Å². The van der Waals surface area contributed by atoms with Gasteiger partial charge >= 0.3 is 12.1 Å². The van der Waals surface area contributed by atoms with Crippen LogP contribution in [0.25, 0.3) is 0 Å². The summed E-state index contributed by atoms with van der Waals surface area (Å²) in [5, 5.41) is 8.54. The van der Waals surface area contributed by atoms with E-state index in [1.54, 1.807) is 0 Å². The normalized spacial score (nSPS) is 27.3. The Hall–Kier alpha value is -1.15. The highest BCUT2D eigenvalue weighted by molar-refractivity contribution is 7.78. The van der Waals surface area contributed by atoms with Crippen molar-refractivity contribution in [3.8, 4) is 0 Å². The minimum absolute atomic E-state index is 0.244. The first-order chi connectivity index (χ1) is 6.07. The molecule has 0 bridgehead atoms. The van der Waals surface area contributed by atoms with E-state index in [2.05, 4.69) is 8.92 Å². The monoisotopic (exact) mass is 209 g/mol. The molecule has 7 nitrogen and oxygen atoms in total. The molecule has 1 aliphatic rings. The largest absolute Gasteiger partial charge is 0.467 e. The molecule has 0 aromatic rings. The van der Waals surface area contributed by atoms with Gasteiger partial charge in [0.05, 0.1) is 13.7 Å². The first-order valence-electron chi connectivity index (χ1n) is 3.23. The first kappa shape index (κ1) is 9.93. The number of rotatable bonds is 1. The van der Waals surface area contributed by atoms with Gasteiger partial charge in [-0.3, -0.25) is 4.18 Å². The van der Waals surface area contributed by atoms with Gasteiger partial charge in [-0.05, 0) is 0 Å². The molecule has 0 radical (unpaired) electrons. The fraction of sp³-hybridized carbons (Fsp3) is 0.600. The number of hydrogen-bond acceptors (Lipinski definition) is 5. The zero-order valence-electron chi connectivity index (χ0n) is 6.63. The van der Waals surface area contributed by atoms with Crippen LogP contribution >= 0.6 is 0 Å². The highest BCUT2D eigenvalue weighted by Crippen LogP contribution is 2.15. The van der Waals surface area contributed by atoms with Crippen LogP contribution in [0, 0.1) is 0 Å². The van der Waals surface area contributed by atoms with Gasteiger partial charge in [-0.1, -0.05) is 0 Å². The molecule has 1 aliphatic heterocycles. The Morgan fingerprint density at radius 3 is 2.77 bits per heavy atom. The third-order valence-corrected chi connectivity index (χ3v) is 2.50. The summed E-state index contributed by atoms with van der Waals surface area (Å²) in [5.41, 5.74) is 0. The van der Waals surface area contributed by atoms with E-state index in [9.17, 15) is 13.8 Å². The topological polar surface area (TPSA) is 93.1 Å². The number of amides is 1. The van der Waals surface area contributed by atoms with Crippen molar-refractivity contribution in [2.45, 2.75) is 6.04 Å². The molecular weight excluding hydrogens is 202 g/mol. The molecule has 13 heavy (non-hydrogen) atoms. The number of carboxylic acid groups (broad SMARTS) is 1. The van der Waals surface area contributed by atoms with Gasteiger partial charge in [-0.2, -0.15) is 4.31 Å². The molecule has 8 heteroatoms. The number of hydrogen-bond donors (Lipinski definition) is 1. The lowest BCUT2D eigenvalue weighted by atomic mass is 10.3. The summed E-state index contributed by atoms with van der Waals surface area (Å²) in [6, 6.07) is -1.14. The summed E-state index contributed by atoms with van der Waals surface area (Å²) in [6.45, 7) is -0.244. The summed E-state index contributed by atoms with van der Waals surface area (Å²) < 4.78 is 20.1. The minimum atomic E-state index is -2.11. The van der Waals surface area contributed by atoms with Crippen molar-refractivity contribution in [3.63, 3.8) is 0 Å². The molecule has 1 unspecified atom stereocenters. The first-order valence-corrected chi connectivity index (χ1v) is 4.26. The Bertz CT molecular complexity index is 266. The number of ether oxygens (including phenoxy) is 1. The number of esters is 1. The van der Waals surface area contributed by atoms with Crippen molar-refractivity contribution in [1.29, 1.82) is 0 Å². The predicted molar refractivity (Wildman–Crippen MR) is 39.8 cm³/mol. The molecule has 1 saturated heterocycles. The van der Waals surface area contributed by atoms with Crippen molar-refractivity contribution < 1.29 is 27.8 Å². The number of carbonyl (C=O) groups is 2. The van der Waals surface area contributed by atoms with Crippen LogP contribution in [0.5, 0.6) is 0 Å². The number of carbonyl (C=O) groups excluding carboxylic acids is 1. The van der Waals surface area contributed by atoms with Gasteiger partial charge in [-0.15, -0.1) is 0 Å². The van der Waals surface area contributed by atoms with Crippen molar-refractivity contribution in [2.24, 2.45) is 0 Å². The van der Waals surface area contributed by atoms with Gasteiger partial charge in [0, 0.05) is 0 Å². The minimum Gasteiger partial charge on any atom is -0.467 e. The smallest absolute Gasteiger partial charge is 0.421 e. The maximum atomic E-state index is 10.9. The standard InChI is InChI=1S/C5H7NO6S/c1-11-4(7)3-2-12-13(10)6(3)5(8)9/h3H,2H2,1H3,(H,8,9)/t3-,13?/m0/s1. The molecule has 1 fully saturated rings. The summed E-state index contributed by atoms with van der Waals surface area (Å²) in [6.07, 6.45) is -1.48. The van der Waals surface area contributed by atoms with E-state index in [0.29, 0.717) is 4.31 Å². The van der Waals surface area contributed by atoms with E-state index < -0.39 is 29.4 Å². The van der Waals surface area contributed by atoms with Gasteiger partial charge in [0.15, 0.2) is 6.04 Å². The number of nitrogens with zero attached hydrogens (tertiary/aromatic N) is 1. The summed E-state index contributed by atoms with van der Waals surface area (Å²) >= 11 is -2.11. The van der Waals surface area contributed by atoms with E-state index >= 15 is 0 Å². The summed E-state index contributed by atoms with van der Waals surface area (Å²) in [5.74, 6) is -0.784. The van der Waals surface area contributed by atoms with Crippen LogP contribution in [0.1, 0.15) is 0 Å². The van der Waals surface area contributed by atoms with E-state index in [1.165, 1.54) is 0 Å². The van der Waals surface area contributed by atoms with E-state index in [0.717, 1.165) is 7.11 Å². The molecule has 0 aromatic heterocycles. The van der Waals surface area contributed by atoms with Crippen molar-refractivity contribution in [3.05, 3.63) is 0 Å². The molecule has 0 aliphatic carbocycles. The molecule has 0 aromatic carbocycles. The molecule has 0 saturated carbocycles. The quantitative estimate of drug-likeness (QED) is 0.563. The molecule has 2 atom stereocenters. The van der Waals surface area contributed by atoms with Crippen molar-refractivity contribution in [2.75, 3.05) is 13.7 Å². The lowest BCUT2D eigenvalue weighted by Gasteiger charge is -2.13. The Morgan fingerprint density at radius 1 is 1.69 bits per heavy atom. The molecule has 0 spiro atoms. The molecule has 1 heterocycles. The van der Waals surface area contributed by atoms with E-state index in [-0.39, 0.29) is 6.61 Å². The lowest BCUT2D eigenvalue weighted by molar-refractivity contribution is -0.144. The zero-order chi connectivity index (χ0) is 10.0. The van der Waals surface area contributed by atoms with Crippen LogP contribution in [0.2, 0.25) is 0 Å². The van der Waals surface area contributed by atoms with Crippen LogP contribution in [-0.2, 0) is 25.0 Å². The molecule has 74 valence electrons. The van der Waals surface area contributed by atoms with Gasteiger partial charge in [0.2, 0.25) is 0 Å². The summed E-state index contributed by atoms with van der Waals surface area (Å²) in [7, 11) is 1.11. The second-order valence-corrected chi connectivity index (χ2v) is 3.21. The molecule has 1 rings (SSSR count). The highest BCUT2D eigenvalue weighted by Gasteiger charge is 2.42. The average Bonchev–Trinajstić information content (AvgIpc) is 2.45. The average molecular weight is 209 g/mol. The maximum Gasteiger partial charge on any atom is 0.421 e. The van der Waals surface area contributed by atoms with E-state index in [1.807, 2.05) is 0 Å². The predicted octanol–water partition coefficient (Wildman–Crippen LogP) is -0.883. The highest BCUT2D eigenvalue weighted by atomic mass is 32.2. The molecular formula is C5H7NO6S. The fourth-order valence-corrected chi connectivity index (χ4v) is 1.69. The van der Waals surface area contributed by atoms with Gasteiger partial charge in [0.25, 0.3) is 11.3 Å². The Morgan fingerprint density at radius 2 is 2.31 bits per heavy atom. The van der Waals surface area contributed by atoms with Crippen LogP contribution in [0.4, 0.5) is 4.79 Å². The van der Waals surface area contributed by atoms with Crippen LogP contribution in [-0.4, -0.2) is 45.4 Å². The zero-order valence-corrected chi connectivity index (χ0v) is 7.44. The van der Waals surface area contributed by atoms with Gasteiger partial charge in [-0.25, -0.2) is 13.8 Å². The summed E-state index contributed by atoms with van der Waals surface area (Å²) in [4.78, 5) is 21.4. The Kier molecular flexibility index (Phi) is 2.83. The van der Waals surface area contributed by atoms with Gasteiger partial charge in [0.1, 0.15) is 0 Å². The molecule has 1 N–H and O–H groups in total.